The summed E-state index contributed by atoms with van der Waals surface area (Å²) in [6, 6.07) is 1.38. The summed E-state index contributed by atoms with van der Waals surface area (Å²) in [6.45, 7) is 0. The van der Waals surface area contributed by atoms with Gasteiger partial charge in [-0.2, -0.15) is 0 Å². The molecular formula is C13H17ClN2O2. The molecule has 4 nitrogen and oxygen atoms in total. The van der Waals surface area contributed by atoms with Gasteiger partial charge in [-0.05, 0) is 12.8 Å². The molecule has 2 rings (SSSR count). The number of halogens is 1. The molecule has 98 valence electrons. The maximum atomic E-state index is 12.3. The number of alkyl halides is 1. The number of nitrogens with one attached hydrogen (secondary N) is 1. The Labute approximate surface area is 111 Å². The van der Waals surface area contributed by atoms with Crippen LogP contribution in [0.4, 0.5) is 0 Å². The van der Waals surface area contributed by atoms with Gasteiger partial charge < -0.3 is 9.88 Å². The highest BCUT2D eigenvalue weighted by Gasteiger charge is 2.30. The van der Waals surface area contributed by atoms with Crippen molar-refractivity contribution in [3.05, 3.63) is 34.2 Å². The zero-order valence-electron chi connectivity index (χ0n) is 10.4. The van der Waals surface area contributed by atoms with Crippen LogP contribution in [-0.2, 0) is 0 Å². The third-order valence-electron chi connectivity index (χ3n) is 3.52. The molecule has 5 heteroatoms. The van der Waals surface area contributed by atoms with Crippen molar-refractivity contribution < 1.29 is 4.79 Å². The third kappa shape index (κ3) is 2.58. The Hall–Kier alpha value is -1.29. The summed E-state index contributed by atoms with van der Waals surface area (Å²) in [7, 11) is 1.72. The van der Waals surface area contributed by atoms with Gasteiger partial charge in [0.15, 0.2) is 5.43 Å². The Morgan fingerprint density at radius 2 is 2.17 bits per heavy atom. The number of carbonyl (C=O) groups is 1. The lowest BCUT2D eigenvalue weighted by molar-refractivity contribution is 0.0698. The zero-order chi connectivity index (χ0) is 13.1. The molecule has 0 aromatic carbocycles. The lowest BCUT2D eigenvalue weighted by Crippen LogP contribution is -2.45. The average Bonchev–Trinajstić information content (AvgIpc) is 2.38. The van der Waals surface area contributed by atoms with Crippen molar-refractivity contribution in [2.75, 3.05) is 7.05 Å². The standard InChI is InChI=1S/C13H17ClN2O2/c1-16(11-5-3-2-4-10(11)14)13(18)9-8-15-7-6-12(9)17/h6-8,10-11H,2-5H2,1H3,(H,15,17). The molecule has 1 aliphatic carbocycles. The van der Waals surface area contributed by atoms with Crippen molar-refractivity contribution in [1.82, 2.24) is 9.88 Å². The summed E-state index contributed by atoms with van der Waals surface area (Å²) in [5.74, 6) is -0.255. The van der Waals surface area contributed by atoms with Gasteiger partial charge in [0.25, 0.3) is 5.91 Å². The Kier molecular flexibility index (Phi) is 4.07. The second kappa shape index (κ2) is 5.57. The molecule has 1 aromatic rings. The fourth-order valence-electron chi connectivity index (χ4n) is 2.43. The summed E-state index contributed by atoms with van der Waals surface area (Å²) in [6.07, 6.45) is 6.99. The number of amides is 1. The molecule has 0 spiro atoms. The lowest BCUT2D eigenvalue weighted by atomic mass is 9.93. The Morgan fingerprint density at radius 3 is 2.83 bits per heavy atom. The van der Waals surface area contributed by atoms with E-state index in [1.165, 1.54) is 18.5 Å². The van der Waals surface area contributed by atoms with Crippen molar-refractivity contribution in [3.8, 4) is 0 Å². The molecule has 2 unspecified atom stereocenters. The van der Waals surface area contributed by atoms with Gasteiger partial charge in [0.1, 0.15) is 5.56 Å². The average molecular weight is 269 g/mol. The number of nitrogens with zero attached hydrogens (tertiary/aromatic N) is 1. The number of rotatable bonds is 2. The maximum absolute atomic E-state index is 12.3. The predicted octanol–water partition coefficient (Wildman–Crippen LogP) is 2.00. The molecule has 1 N–H and O–H groups in total. The monoisotopic (exact) mass is 268 g/mol. The molecular weight excluding hydrogens is 252 g/mol. The predicted molar refractivity (Wildman–Crippen MR) is 71.1 cm³/mol. The highest BCUT2D eigenvalue weighted by atomic mass is 35.5. The van der Waals surface area contributed by atoms with E-state index in [0.29, 0.717) is 0 Å². The van der Waals surface area contributed by atoms with Crippen molar-refractivity contribution in [1.29, 1.82) is 0 Å². The van der Waals surface area contributed by atoms with E-state index in [1.807, 2.05) is 0 Å². The van der Waals surface area contributed by atoms with Crippen LogP contribution in [0.2, 0.25) is 0 Å². The van der Waals surface area contributed by atoms with Crippen LogP contribution in [0.5, 0.6) is 0 Å². The van der Waals surface area contributed by atoms with Crippen LogP contribution in [0, 0.1) is 0 Å². The van der Waals surface area contributed by atoms with Crippen LogP contribution in [0.15, 0.2) is 23.3 Å². The van der Waals surface area contributed by atoms with Crippen molar-refractivity contribution in [3.63, 3.8) is 0 Å². The first kappa shape index (κ1) is 13.1. The van der Waals surface area contributed by atoms with Crippen LogP contribution in [0.3, 0.4) is 0 Å². The second-order valence-electron chi connectivity index (χ2n) is 4.71. The van der Waals surface area contributed by atoms with E-state index in [2.05, 4.69) is 4.98 Å². The maximum Gasteiger partial charge on any atom is 0.259 e. The first-order valence-electron chi connectivity index (χ1n) is 6.19. The van der Waals surface area contributed by atoms with Crippen molar-refractivity contribution >= 4 is 17.5 Å². The summed E-state index contributed by atoms with van der Waals surface area (Å²) in [5, 5.41) is -0.0181. The minimum absolute atomic E-state index is 0.0181. The summed E-state index contributed by atoms with van der Waals surface area (Å²) in [4.78, 5) is 28.3. The van der Waals surface area contributed by atoms with Crippen LogP contribution in [-0.4, -0.2) is 34.3 Å². The molecule has 1 aliphatic rings. The van der Waals surface area contributed by atoms with Crippen LogP contribution in [0.25, 0.3) is 0 Å². The van der Waals surface area contributed by atoms with Crippen LogP contribution >= 0.6 is 11.6 Å². The highest BCUT2D eigenvalue weighted by Crippen LogP contribution is 2.27. The fraction of sp³-hybridized carbons (Fsp3) is 0.538. The smallest absolute Gasteiger partial charge is 0.259 e. The van der Waals surface area contributed by atoms with E-state index in [1.54, 1.807) is 11.9 Å². The van der Waals surface area contributed by atoms with Gasteiger partial charge in [-0.15, -0.1) is 11.6 Å². The number of carbonyl (C=O) groups excluding carboxylic acids is 1. The van der Waals surface area contributed by atoms with E-state index in [0.717, 1.165) is 25.7 Å². The first-order chi connectivity index (χ1) is 8.61. The minimum atomic E-state index is -0.257. The van der Waals surface area contributed by atoms with Gasteiger partial charge in [-0.25, -0.2) is 0 Å². The Morgan fingerprint density at radius 1 is 1.44 bits per heavy atom. The number of aromatic amines is 1. The molecule has 1 saturated carbocycles. The zero-order valence-corrected chi connectivity index (χ0v) is 11.1. The molecule has 1 amide bonds. The molecule has 1 fully saturated rings. The molecule has 2 atom stereocenters. The molecule has 1 aromatic heterocycles. The lowest BCUT2D eigenvalue weighted by Gasteiger charge is -2.34. The quantitative estimate of drug-likeness (QED) is 0.834. The van der Waals surface area contributed by atoms with Gasteiger partial charge in [0, 0.05) is 31.5 Å². The van der Waals surface area contributed by atoms with E-state index in [9.17, 15) is 9.59 Å². The summed E-state index contributed by atoms with van der Waals surface area (Å²) >= 11 is 6.27. The fourth-order valence-corrected chi connectivity index (χ4v) is 2.88. The van der Waals surface area contributed by atoms with Crippen LogP contribution in [0.1, 0.15) is 36.0 Å². The van der Waals surface area contributed by atoms with Crippen LogP contribution < -0.4 is 5.43 Å². The topological polar surface area (TPSA) is 53.2 Å². The first-order valence-corrected chi connectivity index (χ1v) is 6.63. The molecule has 0 aliphatic heterocycles. The normalized spacial score (nSPS) is 23.7. The number of aromatic nitrogens is 1. The highest BCUT2D eigenvalue weighted by molar-refractivity contribution is 6.21. The van der Waals surface area contributed by atoms with Crippen molar-refractivity contribution in [2.45, 2.75) is 37.1 Å². The third-order valence-corrected chi connectivity index (χ3v) is 4.03. The summed E-state index contributed by atoms with van der Waals surface area (Å²) < 4.78 is 0. The number of pyridine rings is 1. The van der Waals surface area contributed by atoms with E-state index >= 15 is 0 Å². The molecule has 0 radical (unpaired) electrons. The summed E-state index contributed by atoms with van der Waals surface area (Å²) in [5.41, 5.74) is -0.0815. The number of hydrogen-bond donors (Lipinski definition) is 1. The SMILES string of the molecule is CN(C(=O)c1c[nH]ccc1=O)C1CCCCC1Cl. The van der Waals surface area contributed by atoms with E-state index in [4.69, 9.17) is 11.6 Å². The second-order valence-corrected chi connectivity index (χ2v) is 5.27. The minimum Gasteiger partial charge on any atom is -0.367 e. The molecule has 1 heterocycles. The van der Waals surface area contributed by atoms with Gasteiger partial charge in [-0.3, -0.25) is 9.59 Å². The van der Waals surface area contributed by atoms with Gasteiger partial charge >= 0.3 is 0 Å². The van der Waals surface area contributed by atoms with Gasteiger partial charge in [0.2, 0.25) is 0 Å². The Balaban J connectivity index is 2.18. The molecule has 0 bridgehead atoms. The molecule has 0 saturated heterocycles. The van der Waals surface area contributed by atoms with Crippen molar-refractivity contribution in [2.24, 2.45) is 0 Å². The largest absolute Gasteiger partial charge is 0.367 e. The number of H-pyrrole nitrogens is 1. The number of hydrogen-bond acceptors (Lipinski definition) is 2. The van der Waals surface area contributed by atoms with Gasteiger partial charge in [-0.1, -0.05) is 12.8 Å². The van der Waals surface area contributed by atoms with Gasteiger partial charge in [0.05, 0.1) is 5.38 Å². The Bertz CT molecular complexity index is 486. The van der Waals surface area contributed by atoms with E-state index in [-0.39, 0.29) is 28.3 Å². The van der Waals surface area contributed by atoms with E-state index < -0.39 is 0 Å². The molecule has 18 heavy (non-hydrogen) atoms.